The average Bonchev–Trinajstić information content (AvgIpc) is 2.46. The summed E-state index contributed by atoms with van der Waals surface area (Å²) in [6, 6.07) is 6.78. The lowest BCUT2D eigenvalue weighted by Gasteiger charge is -2.18. The number of hydrogen-bond donors (Lipinski definition) is 1. The fourth-order valence-electron chi connectivity index (χ4n) is 2.19. The van der Waals surface area contributed by atoms with Crippen molar-refractivity contribution in [2.45, 2.75) is 13.0 Å². The molecule has 2 aromatic rings. The summed E-state index contributed by atoms with van der Waals surface area (Å²) in [6.07, 6.45) is 0.529. The van der Waals surface area contributed by atoms with E-state index in [1.807, 2.05) is 18.2 Å². The summed E-state index contributed by atoms with van der Waals surface area (Å²) in [5, 5.41) is 0.0422. The molecule has 3 rings (SSSR count). The van der Waals surface area contributed by atoms with Gasteiger partial charge in [0.05, 0.1) is 0 Å². The molecule has 7 heteroatoms. The Balaban J connectivity index is 1.79. The molecule has 0 radical (unpaired) electrons. The van der Waals surface area contributed by atoms with Crippen LogP contribution in [0.25, 0.3) is 0 Å². The summed E-state index contributed by atoms with van der Waals surface area (Å²) in [7, 11) is 0. The fourth-order valence-corrected chi connectivity index (χ4v) is 2.36. The molecule has 0 saturated heterocycles. The van der Waals surface area contributed by atoms with Crippen molar-refractivity contribution in [3.05, 3.63) is 55.8 Å². The highest BCUT2D eigenvalue weighted by Crippen LogP contribution is 2.30. The zero-order valence-corrected chi connectivity index (χ0v) is 11.9. The Labute approximate surface area is 124 Å². The van der Waals surface area contributed by atoms with Gasteiger partial charge >= 0.3 is 5.69 Å². The minimum absolute atomic E-state index is 0.0422. The number of nitrogens with one attached hydrogen (secondary N) is 1. The third-order valence-electron chi connectivity index (χ3n) is 3.22. The highest BCUT2D eigenvalue weighted by molar-refractivity contribution is 6.29. The molecule has 0 amide bonds. The topological polar surface area (TPSA) is 73.3 Å². The first kappa shape index (κ1) is 13.8. The van der Waals surface area contributed by atoms with Crippen LogP contribution in [0.1, 0.15) is 5.56 Å². The van der Waals surface area contributed by atoms with Crippen molar-refractivity contribution in [3.63, 3.8) is 0 Å². The number of rotatable bonds is 3. The second-order valence-electron chi connectivity index (χ2n) is 4.64. The van der Waals surface area contributed by atoms with Crippen LogP contribution in [0.2, 0.25) is 5.15 Å². The third-order valence-corrected chi connectivity index (χ3v) is 3.42. The molecule has 0 fully saturated rings. The summed E-state index contributed by atoms with van der Waals surface area (Å²) < 4.78 is 12.1. The van der Waals surface area contributed by atoms with Gasteiger partial charge in [0.25, 0.3) is 5.56 Å². The highest BCUT2D eigenvalue weighted by atomic mass is 35.5. The molecule has 1 aromatic carbocycles. The number of fused-ring (bicyclic) bond motifs is 1. The first-order valence-corrected chi connectivity index (χ1v) is 6.89. The van der Waals surface area contributed by atoms with Crippen molar-refractivity contribution >= 4 is 11.6 Å². The number of benzene rings is 1. The molecule has 1 aromatic heterocycles. The molecule has 1 aliphatic rings. The van der Waals surface area contributed by atoms with Crippen molar-refractivity contribution in [1.29, 1.82) is 0 Å². The first-order chi connectivity index (χ1) is 10.1. The molecule has 0 bridgehead atoms. The van der Waals surface area contributed by atoms with Gasteiger partial charge in [-0.1, -0.05) is 17.7 Å². The van der Waals surface area contributed by atoms with Crippen LogP contribution >= 0.6 is 11.6 Å². The van der Waals surface area contributed by atoms with E-state index in [0.717, 1.165) is 10.1 Å². The van der Waals surface area contributed by atoms with Gasteiger partial charge in [-0.2, -0.15) is 0 Å². The molecule has 110 valence electrons. The van der Waals surface area contributed by atoms with Crippen molar-refractivity contribution in [3.8, 4) is 11.5 Å². The van der Waals surface area contributed by atoms with Crippen LogP contribution in [0, 0.1) is 0 Å². The van der Waals surface area contributed by atoms with E-state index < -0.39 is 11.2 Å². The van der Waals surface area contributed by atoms with Crippen LogP contribution in [0.5, 0.6) is 11.5 Å². The Hall–Kier alpha value is -2.21. The van der Waals surface area contributed by atoms with Gasteiger partial charge in [-0.15, -0.1) is 0 Å². The molecule has 0 unspecified atom stereocenters. The summed E-state index contributed by atoms with van der Waals surface area (Å²) in [5.41, 5.74) is 0.0341. The smallest absolute Gasteiger partial charge is 0.329 e. The predicted molar refractivity (Wildman–Crippen MR) is 77.5 cm³/mol. The predicted octanol–water partition coefficient (Wildman–Crippen LogP) is 1.20. The molecule has 1 N–H and O–H groups in total. The van der Waals surface area contributed by atoms with Crippen LogP contribution < -0.4 is 20.7 Å². The maximum absolute atomic E-state index is 11.7. The van der Waals surface area contributed by atoms with Gasteiger partial charge in [0, 0.05) is 12.6 Å². The number of hydrogen-bond acceptors (Lipinski definition) is 4. The van der Waals surface area contributed by atoms with Crippen LogP contribution in [0.3, 0.4) is 0 Å². The third kappa shape index (κ3) is 2.95. The lowest BCUT2D eigenvalue weighted by molar-refractivity contribution is 0.171. The molecular weight excluding hydrogens is 296 g/mol. The van der Waals surface area contributed by atoms with Gasteiger partial charge in [0.2, 0.25) is 0 Å². The fraction of sp³-hybridized carbons (Fsp3) is 0.286. The van der Waals surface area contributed by atoms with Gasteiger partial charge in [-0.3, -0.25) is 14.3 Å². The minimum atomic E-state index is -0.509. The highest BCUT2D eigenvalue weighted by Gasteiger charge is 2.12. The van der Waals surface area contributed by atoms with Crippen molar-refractivity contribution in [2.75, 3.05) is 13.2 Å². The number of nitrogens with zero attached hydrogens (tertiary/aromatic N) is 1. The Morgan fingerprint density at radius 3 is 2.67 bits per heavy atom. The zero-order chi connectivity index (χ0) is 14.8. The lowest BCUT2D eigenvalue weighted by Crippen LogP contribution is -2.35. The van der Waals surface area contributed by atoms with Gasteiger partial charge < -0.3 is 9.47 Å². The number of aromatic amines is 1. The second-order valence-corrected chi connectivity index (χ2v) is 5.05. The molecule has 6 nitrogen and oxygen atoms in total. The summed E-state index contributed by atoms with van der Waals surface area (Å²) >= 11 is 5.62. The Morgan fingerprint density at radius 1 is 1.14 bits per heavy atom. The summed E-state index contributed by atoms with van der Waals surface area (Å²) in [5.74, 6) is 1.41. The lowest BCUT2D eigenvalue weighted by atomic mass is 10.1. The van der Waals surface area contributed by atoms with Crippen LogP contribution in [-0.2, 0) is 13.0 Å². The van der Waals surface area contributed by atoms with Crippen LogP contribution in [0.4, 0.5) is 0 Å². The molecule has 21 heavy (non-hydrogen) atoms. The molecule has 1 aliphatic heterocycles. The zero-order valence-electron chi connectivity index (χ0n) is 11.1. The molecule has 0 saturated carbocycles. The Morgan fingerprint density at radius 2 is 1.90 bits per heavy atom. The number of halogens is 1. The molecule has 0 atom stereocenters. The first-order valence-electron chi connectivity index (χ1n) is 6.52. The standard InChI is InChI=1S/C14H13ClN2O4/c15-12-8-13(18)17(14(19)16-12)4-3-9-1-2-10-11(7-9)21-6-5-20-10/h1-2,7-8H,3-6H2,(H,16,19). The molecule has 0 spiro atoms. The number of aromatic nitrogens is 2. The number of ether oxygens (including phenoxy) is 2. The minimum Gasteiger partial charge on any atom is -0.486 e. The van der Waals surface area contributed by atoms with E-state index in [1.165, 1.54) is 6.07 Å². The van der Waals surface area contributed by atoms with Gasteiger partial charge in [-0.05, 0) is 24.1 Å². The normalized spacial score (nSPS) is 13.2. The maximum atomic E-state index is 11.7. The van der Waals surface area contributed by atoms with Crippen molar-refractivity contribution in [2.24, 2.45) is 0 Å². The van der Waals surface area contributed by atoms with E-state index in [9.17, 15) is 9.59 Å². The molecule has 0 aliphatic carbocycles. The second kappa shape index (κ2) is 5.65. The Bertz CT molecular complexity index is 750. The van der Waals surface area contributed by atoms with E-state index in [0.29, 0.717) is 31.1 Å². The Kier molecular flexibility index (Phi) is 3.70. The molecular formula is C14H13ClN2O4. The summed E-state index contributed by atoms with van der Waals surface area (Å²) in [6.45, 7) is 1.33. The van der Waals surface area contributed by atoms with E-state index in [1.54, 1.807) is 0 Å². The quantitative estimate of drug-likeness (QED) is 0.865. The SMILES string of the molecule is O=c1cc(Cl)[nH]c(=O)n1CCc1ccc2c(c1)OCCO2. The van der Waals surface area contributed by atoms with Crippen LogP contribution in [-0.4, -0.2) is 22.8 Å². The monoisotopic (exact) mass is 308 g/mol. The maximum Gasteiger partial charge on any atom is 0.329 e. The van der Waals surface area contributed by atoms with Gasteiger partial charge in [-0.25, -0.2) is 4.79 Å². The largest absolute Gasteiger partial charge is 0.486 e. The van der Waals surface area contributed by atoms with Gasteiger partial charge in [0.1, 0.15) is 18.4 Å². The van der Waals surface area contributed by atoms with Crippen molar-refractivity contribution in [1.82, 2.24) is 9.55 Å². The van der Waals surface area contributed by atoms with E-state index in [2.05, 4.69) is 4.98 Å². The van der Waals surface area contributed by atoms with Gasteiger partial charge in [0.15, 0.2) is 11.5 Å². The van der Waals surface area contributed by atoms with E-state index in [-0.39, 0.29) is 11.7 Å². The van der Waals surface area contributed by atoms with E-state index >= 15 is 0 Å². The van der Waals surface area contributed by atoms with Crippen molar-refractivity contribution < 1.29 is 9.47 Å². The van der Waals surface area contributed by atoms with E-state index in [4.69, 9.17) is 21.1 Å². The average molecular weight is 309 g/mol. The summed E-state index contributed by atoms with van der Waals surface area (Å²) in [4.78, 5) is 25.8. The van der Waals surface area contributed by atoms with Crippen LogP contribution in [0.15, 0.2) is 33.9 Å². The molecule has 2 heterocycles. The number of H-pyrrole nitrogens is 1. The number of aryl methyl sites for hydroxylation is 1.